The highest BCUT2D eigenvalue weighted by atomic mass is 32.2. The van der Waals surface area contributed by atoms with Crippen LogP contribution in [-0.4, -0.2) is 38.3 Å². The first-order valence-corrected chi connectivity index (χ1v) is 12.2. The average molecular weight is 477 g/mol. The largest absolute Gasteiger partial charge is 0.464 e. The first-order valence-electron chi connectivity index (χ1n) is 10.8. The van der Waals surface area contributed by atoms with Crippen LogP contribution in [0.4, 0.5) is 5.69 Å². The van der Waals surface area contributed by atoms with Crippen LogP contribution in [0, 0.1) is 0 Å². The smallest absolute Gasteiger partial charge is 0.356 e. The van der Waals surface area contributed by atoms with E-state index in [-0.39, 0.29) is 10.6 Å². The fraction of sp³-hybridized carbons (Fsp3) is 0.154. The van der Waals surface area contributed by atoms with Gasteiger partial charge in [-0.05, 0) is 35.7 Å². The summed E-state index contributed by atoms with van der Waals surface area (Å²) in [4.78, 5) is 26.0. The van der Waals surface area contributed by atoms with E-state index in [1.54, 1.807) is 48.5 Å². The van der Waals surface area contributed by atoms with Crippen molar-refractivity contribution < 1.29 is 22.7 Å². The number of nitrogens with one attached hydrogen (secondary N) is 1. The van der Waals surface area contributed by atoms with Crippen molar-refractivity contribution in [2.75, 3.05) is 19.0 Å². The third-order valence-corrected chi connectivity index (χ3v) is 7.36. The van der Waals surface area contributed by atoms with Gasteiger partial charge in [0.25, 0.3) is 10.0 Å². The van der Waals surface area contributed by atoms with Crippen LogP contribution >= 0.6 is 0 Å². The minimum Gasteiger partial charge on any atom is -0.464 e. The van der Waals surface area contributed by atoms with E-state index >= 15 is 0 Å². The molecule has 0 fully saturated rings. The maximum Gasteiger partial charge on any atom is 0.356 e. The number of esters is 1. The Morgan fingerprint density at radius 2 is 1.65 bits per heavy atom. The molecule has 34 heavy (non-hydrogen) atoms. The predicted molar refractivity (Wildman–Crippen MR) is 129 cm³/mol. The van der Waals surface area contributed by atoms with Gasteiger partial charge in [0.15, 0.2) is 0 Å². The Morgan fingerprint density at radius 3 is 2.35 bits per heavy atom. The van der Waals surface area contributed by atoms with Gasteiger partial charge in [-0.1, -0.05) is 67.6 Å². The number of ether oxygens (including phenoxy) is 1. The lowest BCUT2D eigenvalue weighted by Gasteiger charge is -2.32. The molecule has 1 N–H and O–H groups in total. The molecular weight excluding hydrogens is 452 g/mol. The molecule has 174 valence electrons. The van der Waals surface area contributed by atoms with E-state index in [1.165, 1.54) is 13.2 Å². The molecule has 7 nitrogen and oxygen atoms in total. The van der Waals surface area contributed by atoms with E-state index in [0.717, 1.165) is 16.3 Å². The number of hydrogen-bond acceptors (Lipinski definition) is 5. The molecule has 0 aliphatic carbocycles. The molecule has 1 aliphatic rings. The molecular formula is C26H24N2O5S. The Morgan fingerprint density at radius 1 is 0.941 bits per heavy atom. The van der Waals surface area contributed by atoms with E-state index in [2.05, 4.69) is 5.32 Å². The van der Waals surface area contributed by atoms with Crippen LogP contribution in [0.2, 0.25) is 0 Å². The number of sulfonamides is 1. The van der Waals surface area contributed by atoms with Gasteiger partial charge in [-0.2, -0.15) is 0 Å². The first-order chi connectivity index (χ1) is 16.4. The minimum atomic E-state index is -4.21. The molecule has 0 atom stereocenters. The Bertz CT molecular complexity index is 1380. The standard InChI is InChI=1S/C26H24N2O5S/c1-3-18-10-9-13-20(16-18)27-23(29)17-28-25(26(30)33-2)24(19-11-5-4-6-12-19)21-14-7-8-15-22(21)34(28,31)32/h4-16H,3,17H2,1-2H3,(H,27,29). The van der Waals surface area contributed by atoms with E-state index in [0.29, 0.717) is 22.4 Å². The van der Waals surface area contributed by atoms with Crippen molar-refractivity contribution in [1.82, 2.24) is 4.31 Å². The number of amides is 1. The lowest BCUT2D eigenvalue weighted by molar-refractivity contribution is -0.137. The number of methoxy groups -OCH3 is 1. The van der Waals surface area contributed by atoms with Crippen molar-refractivity contribution >= 4 is 33.2 Å². The Hall–Kier alpha value is -3.91. The molecule has 4 rings (SSSR count). The molecule has 0 radical (unpaired) electrons. The monoisotopic (exact) mass is 476 g/mol. The molecule has 8 heteroatoms. The number of carbonyl (C=O) groups is 2. The lowest BCUT2D eigenvalue weighted by Crippen LogP contribution is -2.43. The van der Waals surface area contributed by atoms with E-state index in [4.69, 9.17) is 4.74 Å². The maximum absolute atomic E-state index is 13.6. The molecule has 1 heterocycles. The van der Waals surface area contributed by atoms with Crippen LogP contribution in [0.25, 0.3) is 5.57 Å². The van der Waals surface area contributed by atoms with E-state index < -0.39 is 28.4 Å². The molecule has 1 aliphatic heterocycles. The Balaban J connectivity index is 1.84. The Labute approximate surface area is 198 Å². The number of aryl methyl sites for hydroxylation is 1. The van der Waals surface area contributed by atoms with Gasteiger partial charge in [-0.3, -0.25) is 4.79 Å². The summed E-state index contributed by atoms with van der Waals surface area (Å²) in [7, 11) is -3.03. The zero-order valence-electron chi connectivity index (χ0n) is 18.8. The zero-order chi connectivity index (χ0) is 24.3. The normalized spacial score (nSPS) is 14.4. The second kappa shape index (κ2) is 9.52. The van der Waals surface area contributed by atoms with E-state index in [1.807, 2.05) is 31.2 Å². The van der Waals surface area contributed by atoms with Crippen molar-refractivity contribution in [1.29, 1.82) is 0 Å². The second-order valence-electron chi connectivity index (χ2n) is 7.69. The Kier molecular flexibility index (Phi) is 6.51. The van der Waals surface area contributed by atoms with Crippen LogP contribution < -0.4 is 5.32 Å². The van der Waals surface area contributed by atoms with Crippen molar-refractivity contribution in [3.63, 3.8) is 0 Å². The molecule has 0 unspecified atom stereocenters. The highest BCUT2D eigenvalue weighted by Crippen LogP contribution is 2.40. The number of anilines is 1. The van der Waals surface area contributed by atoms with Crippen LogP contribution in [0.15, 0.2) is 89.5 Å². The maximum atomic E-state index is 13.6. The topological polar surface area (TPSA) is 92.8 Å². The summed E-state index contributed by atoms with van der Waals surface area (Å²) in [5.74, 6) is -1.43. The zero-order valence-corrected chi connectivity index (χ0v) is 19.6. The molecule has 0 aromatic heterocycles. The second-order valence-corrected chi connectivity index (χ2v) is 9.52. The molecule has 3 aromatic carbocycles. The van der Waals surface area contributed by atoms with Crippen molar-refractivity contribution in [2.24, 2.45) is 0 Å². The molecule has 0 spiro atoms. The summed E-state index contributed by atoms with van der Waals surface area (Å²) >= 11 is 0. The fourth-order valence-electron chi connectivity index (χ4n) is 3.95. The summed E-state index contributed by atoms with van der Waals surface area (Å²) in [5, 5.41) is 2.74. The van der Waals surface area contributed by atoms with Gasteiger partial charge in [0.2, 0.25) is 5.91 Å². The van der Waals surface area contributed by atoms with Gasteiger partial charge in [0, 0.05) is 16.8 Å². The average Bonchev–Trinajstić information content (AvgIpc) is 2.85. The van der Waals surface area contributed by atoms with Gasteiger partial charge in [0.05, 0.1) is 12.0 Å². The number of carbonyl (C=O) groups excluding carboxylic acids is 2. The number of rotatable bonds is 6. The van der Waals surface area contributed by atoms with Gasteiger partial charge in [-0.25, -0.2) is 17.5 Å². The number of fused-ring (bicyclic) bond motifs is 1. The fourth-order valence-corrected chi connectivity index (χ4v) is 5.58. The summed E-state index contributed by atoms with van der Waals surface area (Å²) in [6.45, 7) is 1.41. The molecule has 0 bridgehead atoms. The minimum absolute atomic E-state index is 0.0160. The third kappa shape index (κ3) is 4.32. The number of hydrogen-bond donors (Lipinski definition) is 1. The van der Waals surface area contributed by atoms with Crippen molar-refractivity contribution in [2.45, 2.75) is 18.2 Å². The van der Waals surface area contributed by atoms with Crippen LogP contribution in [0.1, 0.15) is 23.6 Å². The van der Waals surface area contributed by atoms with Gasteiger partial charge in [-0.15, -0.1) is 0 Å². The molecule has 3 aromatic rings. The molecule has 0 saturated heterocycles. The third-order valence-electron chi connectivity index (χ3n) is 5.56. The highest BCUT2D eigenvalue weighted by molar-refractivity contribution is 7.89. The van der Waals surface area contributed by atoms with E-state index in [9.17, 15) is 18.0 Å². The van der Waals surface area contributed by atoms with Gasteiger partial charge in [0.1, 0.15) is 12.2 Å². The predicted octanol–water partition coefficient (Wildman–Crippen LogP) is 3.82. The van der Waals surface area contributed by atoms with Crippen molar-refractivity contribution in [3.05, 3.63) is 101 Å². The number of benzene rings is 3. The molecule has 0 saturated carbocycles. The highest BCUT2D eigenvalue weighted by Gasteiger charge is 2.41. The van der Waals surface area contributed by atoms with Gasteiger partial charge < -0.3 is 10.1 Å². The number of nitrogens with zero attached hydrogens (tertiary/aromatic N) is 1. The molecule has 1 amide bonds. The van der Waals surface area contributed by atoms with Crippen LogP contribution in [0.5, 0.6) is 0 Å². The SMILES string of the molecule is CCc1cccc(NC(=O)CN2C(C(=O)OC)=C(c3ccccc3)c3ccccc3S2(=O)=O)c1. The summed E-state index contributed by atoms with van der Waals surface area (Å²) in [6.07, 6.45) is 0.788. The van der Waals surface area contributed by atoms with Gasteiger partial charge >= 0.3 is 5.97 Å². The quantitative estimate of drug-likeness (QED) is 0.546. The van der Waals surface area contributed by atoms with Crippen LogP contribution in [-0.2, 0) is 30.8 Å². The summed E-state index contributed by atoms with van der Waals surface area (Å²) in [6, 6.07) is 22.7. The lowest BCUT2D eigenvalue weighted by atomic mass is 9.95. The summed E-state index contributed by atoms with van der Waals surface area (Å²) < 4.78 is 33.0. The van der Waals surface area contributed by atoms with Crippen LogP contribution in [0.3, 0.4) is 0 Å². The van der Waals surface area contributed by atoms with Crippen molar-refractivity contribution in [3.8, 4) is 0 Å². The summed E-state index contributed by atoms with van der Waals surface area (Å²) in [5.41, 5.74) is 2.76. The first kappa shape index (κ1) is 23.3.